The molecule has 28 heavy (non-hydrogen) atoms. The van der Waals surface area contributed by atoms with E-state index in [9.17, 15) is 9.59 Å². The lowest BCUT2D eigenvalue weighted by Gasteiger charge is -2.19. The zero-order valence-corrected chi connectivity index (χ0v) is 17.5. The Morgan fingerprint density at radius 2 is 2.11 bits per heavy atom. The standard InChI is InChI=1S/C21H25ClN2O3S/c1-14-19(28-12-11-27-14)21(26)24-18-8-7-16(22)13-17(18)20(25)23-10-9-15-5-3-2-4-6-15/h5,7-8,13H,2-4,6,9-12H2,1H3,(H,23,25)(H,24,26). The number of amides is 2. The molecule has 5 nitrogen and oxygen atoms in total. The summed E-state index contributed by atoms with van der Waals surface area (Å²) in [7, 11) is 0. The molecule has 0 aromatic heterocycles. The number of carbonyl (C=O) groups excluding carboxylic acids is 2. The number of anilines is 1. The summed E-state index contributed by atoms with van der Waals surface area (Å²) in [5.41, 5.74) is 2.21. The van der Waals surface area contributed by atoms with E-state index in [0.29, 0.717) is 40.1 Å². The fraction of sp³-hybridized carbons (Fsp3) is 0.429. The molecule has 0 unspecified atom stereocenters. The molecule has 7 heteroatoms. The molecule has 2 aliphatic rings. The third kappa shape index (κ3) is 5.55. The highest BCUT2D eigenvalue weighted by atomic mass is 35.5. The lowest BCUT2D eigenvalue weighted by molar-refractivity contribution is -0.112. The molecule has 1 aromatic carbocycles. The summed E-state index contributed by atoms with van der Waals surface area (Å²) in [4.78, 5) is 25.9. The molecular formula is C21H25ClN2O3S. The largest absolute Gasteiger partial charge is 0.496 e. The van der Waals surface area contributed by atoms with Crippen molar-refractivity contribution in [2.75, 3.05) is 24.2 Å². The Labute approximate surface area is 174 Å². The normalized spacial score (nSPS) is 16.9. The number of benzene rings is 1. The molecule has 0 spiro atoms. The summed E-state index contributed by atoms with van der Waals surface area (Å²) >= 11 is 7.55. The van der Waals surface area contributed by atoms with Crippen LogP contribution in [0.5, 0.6) is 0 Å². The second-order valence-corrected chi connectivity index (χ2v) is 8.38. The number of halogens is 1. The van der Waals surface area contributed by atoms with Gasteiger partial charge in [0.2, 0.25) is 0 Å². The molecule has 1 aromatic rings. The number of ether oxygens (including phenoxy) is 1. The molecule has 0 bridgehead atoms. The van der Waals surface area contributed by atoms with Gasteiger partial charge in [-0.15, -0.1) is 11.8 Å². The van der Waals surface area contributed by atoms with Crippen LogP contribution in [-0.4, -0.2) is 30.7 Å². The molecule has 1 heterocycles. The first-order chi connectivity index (χ1) is 13.5. The molecule has 150 valence electrons. The lowest BCUT2D eigenvalue weighted by atomic mass is 9.97. The third-order valence-corrected chi connectivity index (χ3v) is 6.13. The quantitative estimate of drug-likeness (QED) is 0.642. The van der Waals surface area contributed by atoms with E-state index in [1.54, 1.807) is 25.1 Å². The number of nitrogens with one attached hydrogen (secondary N) is 2. The SMILES string of the molecule is CC1=C(C(=O)Nc2ccc(Cl)cc2C(=O)NCCC2=CCCCC2)SCCO1. The molecule has 3 rings (SSSR count). The van der Waals surface area contributed by atoms with E-state index >= 15 is 0 Å². The maximum Gasteiger partial charge on any atom is 0.265 e. The van der Waals surface area contributed by atoms with Crippen LogP contribution in [-0.2, 0) is 9.53 Å². The monoisotopic (exact) mass is 420 g/mol. The van der Waals surface area contributed by atoms with Crippen molar-refractivity contribution in [1.29, 1.82) is 0 Å². The highest BCUT2D eigenvalue weighted by Gasteiger charge is 2.21. The molecule has 1 aliphatic heterocycles. The van der Waals surface area contributed by atoms with Crippen molar-refractivity contribution in [3.63, 3.8) is 0 Å². The van der Waals surface area contributed by atoms with E-state index in [4.69, 9.17) is 16.3 Å². The van der Waals surface area contributed by atoms with Crippen LogP contribution in [0.4, 0.5) is 5.69 Å². The number of hydrogen-bond donors (Lipinski definition) is 2. The van der Waals surface area contributed by atoms with Gasteiger partial charge in [0.25, 0.3) is 11.8 Å². The van der Waals surface area contributed by atoms with E-state index in [-0.39, 0.29) is 11.8 Å². The van der Waals surface area contributed by atoms with Crippen LogP contribution >= 0.6 is 23.4 Å². The van der Waals surface area contributed by atoms with E-state index in [1.165, 1.54) is 30.2 Å². The van der Waals surface area contributed by atoms with Crippen LogP contribution in [0.3, 0.4) is 0 Å². The smallest absolute Gasteiger partial charge is 0.265 e. The maximum absolute atomic E-state index is 12.7. The fourth-order valence-corrected chi connectivity index (χ4v) is 4.27. The molecule has 0 saturated carbocycles. The van der Waals surface area contributed by atoms with Gasteiger partial charge in [0, 0.05) is 17.3 Å². The van der Waals surface area contributed by atoms with E-state index in [0.717, 1.165) is 25.0 Å². The van der Waals surface area contributed by atoms with Gasteiger partial charge in [-0.1, -0.05) is 23.3 Å². The predicted octanol–water partition coefficient (Wildman–Crippen LogP) is 4.89. The maximum atomic E-state index is 12.7. The first kappa shape index (κ1) is 20.8. The number of carbonyl (C=O) groups is 2. The minimum atomic E-state index is -0.272. The highest BCUT2D eigenvalue weighted by molar-refractivity contribution is 8.04. The summed E-state index contributed by atoms with van der Waals surface area (Å²) in [6.07, 6.45) is 7.85. The average Bonchev–Trinajstić information content (AvgIpc) is 2.70. The highest BCUT2D eigenvalue weighted by Crippen LogP contribution is 2.28. The second kappa shape index (κ2) is 10.0. The number of rotatable bonds is 6. The van der Waals surface area contributed by atoms with Gasteiger partial charge in [0.1, 0.15) is 10.7 Å². The van der Waals surface area contributed by atoms with Gasteiger partial charge in [-0.05, 0) is 57.2 Å². The summed E-state index contributed by atoms with van der Waals surface area (Å²) < 4.78 is 5.45. The van der Waals surface area contributed by atoms with Gasteiger partial charge in [-0.2, -0.15) is 0 Å². The van der Waals surface area contributed by atoms with Crippen LogP contribution in [0.25, 0.3) is 0 Å². The fourth-order valence-electron chi connectivity index (χ4n) is 3.29. The minimum Gasteiger partial charge on any atom is -0.496 e. The van der Waals surface area contributed by atoms with Gasteiger partial charge >= 0.3 is 0 Å². The first-order valence-corrected chi connectivity index (χ1v) is 10.9. The zero-order valence-electron chi connectivity index (χ0n) is 16.0. The van der Waals surface area contributed by atoms with Crippen LogP contribution < -0.4 is 10.6 Å². The second-order valence-electron chi connectivity index (χ2n) is 6.84. The first-order valence-electron chi connectivity index (χ1n) is 9.58. The van der Waals surface area contributed by atoms with Gasteiger partial charge < -0.3 is 15.4 Å². The van der Waals surface area contributed by atoms with Crippen molar-refractivity contribution in [3.8, 4) is 0 Å². The molecule has 0 atom stereocenters. The Morgan fingerprint density at radius 3 is 2.86 bits per heavy atom. The third-order valence-electron chi connectivity index (χ3n) is 4.77. The van der Waals surface area contributed by atoms with Crippen molar-refractivity contribution in [2.24, 2.45) is 0 Å². The van der Waals surface area contributed by atoms with Crippen molar-refractivity contribution in [3.05, 3.63) is 51.1 Å². The molecule has 0 fully saturated rings. The minimum absolute atomic E-state index is 0.243. The Kier molecular flexibility index (Phi) is 7.45. The Bertz CT molecular complexity index is 820. The molecule has 0 radical (unpaired) electrons. The van der Waals surface area contributed by atoms with Gasteiger partial charge in [-0.25, -0.2) is 0 Å². The predicted molar refractivity (Wildman–Crippen MR) is 115 cm³/mol. The molecule has 1 aliphatic carbocycles. The van der Waals surface area contributed by atoms with Crippen molar-refractivity contribution in [1.82, 2.24) is 5.32 Å². The summed E-state index contributed by atoms with van der Waals surface area (Å²) in [5, 5.41) is 6.22. The van der Waals surface area contributed by atoms with E-state index < -0.39 is 0 Å². The van der Waals surface area contributed by atoms with Crippen LogP contribution in [0.15, 0.2) is 40.5 Å². The van der Waals surface area contributed by atoms with Crippen molar-refractivity contribution < 1.29 is 14.3 Å². The summed E-state index contributed by atoms with van der Waals surface area (Å²) in [6, 6.07) is 4.90. The van der Waals surface area contributed by atoms with Gasteiger partial charge in [0.05, 0.1) is 17.9 Å². The van der Waals surface area contributed by atoms with Crippen LogP contribution in [0.1, 0.15) is 49.4 Å². The van der Waals surface area contributed by atoms with Crippen molar-refractivity contribution >= 4 is 40.9 Å². The van der Waals surface area contributed by atoms with Crippen LogP contribution in [0, 0.1) is 0 Å². The van der Waals surface area contributed by atoms with Gasteiger partial charge in [0.15, 0.2) is 0 Å². The Morgan fingerprint density at radius 1 is 1.25 bits per heavy atom. The topological polar surface area (TPSA) is 67.4 Å². The lowest BCUT2D eigenvalue weighted by Crippen LogP contribution is -2.27. The Balaban J connectivity index is 1.66. The van der Waals surface area contributed by atoms with E-state index in [2.05, 4.69) is 16.7 Å². The average molecular weight is 421 g/mol. The van der Waals surface area contributed by atoms with Crippen LogP contribution in [0.2, 0.25) is 5.02 Å². The molecule has 2 amide bonds. The zero-order chi connectivity index (χ0) is 19.9. The number of allylic oxidation sites excluding steroid dienone is 2. The van der Waals surface area contributed by atoms with E-state index in [1.807, 2.05) is 0 Å². The molecule has 2 N–H and O–H groups in total. The summed E-state index contributed by atoms with van der Waals surface area (Å²) in [5.74, 6) is 0.817. The number of thioether (sulfide) groups is 1. The Hall–Kier alpha value is -1.92. The van der Waals surface area contributed by atoms with Crippen molar-refractivity contribution in [2.45, 2.75) is 39.0 Å². The van der Waals surface area contributed by atoms with Gasteiger partial charge in [-0.3, -0.25) is 9.59 Å². The number of hydrogen-bond acceptors (Lipinski definition) is 4. The molecule has 0 saturated heterocycles. The summed E-state index contributed by atoms with van der Waals surface area (Å²) in [6.45, 7) is 2.94. The molecular weight excluding hydrogens is 396 g/mol.